The van der Waals surface area contributed by atoms with Crippen LogP contribution in [0, 0.1) is 11.7 Å². The zero-order valence-corrected chi connectivity index (χ0v) is 18.7. The Hall–Kier alpha value is -3.79. The number of hydrogen-bond acceptors (Lipinski definition) is 7. The number of nitrogens with zero attached hydrogens (tertiary/aromatic N) is 6. The van der Waals surface area contributed by atoms with E-state index in [9.17, 15) is 4.39 Å². The number of aromatic nitrogens is 6. The molecule has 0 amide bonds. The Bertz CT molecular complexity index is 1570. The summed E-state index contributed by atoms with van der Waals surface area (Å²) in [5.41, 5.74) is 10.3. The number of fused-ring (bicyclic) bond motifs is 6. The number of aromatic amines is 1. The first kappa shape index (κ1) is 19.7. The van der Waals surface area contributed by atoms with Crippen molar-refractivity contribution in [1.29, 1.82) is 0 Å². The van der Waals surface area contributed by atoms with Crippen LogP contribution in [-0.4, -0.2) is 55.2 Å². The predicted octanol–water partition coefficient (Wildman–Crippen LogP) is 2.85. The van der Waals surface area contributed by atoms with Crippen molar-refractivity contribution in [2.75, 3.05) is 23.8 Å². The molecule has 2 fully saturated rings. The summed E-state index contributed by atoms with van der Waals surface area (Å²) < 4.78 is 16.3. The molecule has 4 aromatic heterocycles. The van der Waals surface area contributed by atoms with E-state index in [1.807, 2.05) is 18.5 Å². The molecule has 1 saturated heterocycles. The van der Waals surface area contributed by atoms with Gasteiger partial charge in [0.25, 0.3) is 0 Å². The largest absolute Gasteiger partial charge is 0.386 e. The molecule has 1 aliphatic carbocycles. The Morgan fingerprint density at radius 2 is 2.18 bits per heavy atom. The lowest BCUT2D eigenvalue weighted by molar-refractivity contribution is 0.471. The molecule has 7 rings (SSSR count). The Kier molecular flexibility index (Phi) is 4.11. The fraction of sp³-hybridized carbons (Fsp3) is 0.333. The van der Waals surface area contributed by atoms with Crippen LogP contribution >= 0.6 is 0 Å². The maximum Gasteiger partial charge on any atom is 0.154 e. The molecule has 1 aromatic carbocycles. The van der Waals surface area contributed by atoms with Crippen molar-refractivity contribution in [3.63, 3.8) is 0 Å². The lowest BCUT2D eigenvalue weighted by atomic mass is 10.0. The van der Waals surface area contributed by atoms with Gasteiger partial charge in [0.15, 0.2) is 5.65 Å². The topological polar surface area (TPSA) is 113 Å². The second kappa shape index (κ2) is 7.10. The molecule has 1 saturated carbocycles. The number of hydrogen-bond donors (Lipinski definition) is 3. The molecule has 2 bridgehead atoms. The average molecular weight is 458 g/mol. The van der Waals surface area contributed by atoms with Crippen LogP contribution in [0.25, 0.3) is 27.6 Å². The third kappa shape index (κ3) is 2.88. The van der Waals surface area contributed by atoms with Gasteiger partial charge < -0.3 is 20.9 Å². The second-order valence-electron chi connectivity index (χ2n) is 9.41. The van der Waals surface area contributed by atoms with Gasteiger partial charge in [-0.3, -0.25) is 0 Å². The van der Waals surface area contributed by atoms with Gasteiger partial charge in [0.1, 0.15) is 23.1 Å². The van der Waals surface area contributed by atoms with Crippen LogP contribution in [0.5, 0.6) is 0 Å². The number of nitrogens with one attached hydrogen (secondary N) is 2. The monoisotopic (exact) mass is 457 g/mol. The van der Waals surface area contributed by atoms with Crippen molar-refractivity contribution in [3.05, 3.63) is 54.0 Å². The predicted molar refractivity (Wildman–Crippen MR) is 129 cm³/mol. The van der Waals surface area contributed by atoms with Crippen molar-refractivity contribution < 1.29 is 4.39 Å². The SMILES string of the molecule is CNc1cc(F)cc2c1[nH]c1nc(Cc3cnc4ccnn4c3)nc(N3CC4CC3C[C@@H]4N)c12. The van der Waals surface area contributed by atoms with Crippen LogP contribution < -0.4 is 16.0 Å². The Labute approximate surface area is 194 Å². The third-order valence-corrected chi connectivity index (χ3v) is 7.35. The number of benzene rings is 1. The van der Waals surface area contributed by atoms with Gasteiger partial charge in [0, 0.05) is 55.9 Å². The van der Waals surface area contributed by atoms with Gasteiger partial charge in [0.2, 0.25) is 0 Å². The van der Waals surface area contributed by atoms with E-state index in [4.69, 9.17) is 15.7 Å². The Balaban J connectivity index is 1.41. The fourth-order valence-electron chi connectivity index (χ4n) is 5.75. The van der Waals surface area contributed by atoms with E-state index in [2.05, 4.69) is 25.3 Å². The molecule has 2 unspecified atom stereocenters. The molecular weight excluding hydrogens is 433 g/mol. The van der Waals surface area contributed by atoms with E-state index in [1.54, 1.807) is 23.8 Å². The van der Waals surface area contributed by atoms with E-state index in [0.29, 0.717) is 35.5 Å². The highest BCUT2D eigenvalue weighted by atomic mass is 19.1. The molecule has 4 N–H and O–H groups in total. The summed E-state index contributed by atoms with van der Waals surface area (Å²) in [6.07, 6.45) is 8.04. The van der Waals surface area contributed by atoms with E-state index < -0.39 is 0 Å². The van der Waals surface area contributed by atoms with E-state index >= 15 is 0 Å². The summed E-state index contributed by atoms with van der Waals surface area (Å²) in [5.74, 6) is 1.70. The van der Waals surface area contributed by atoms with Gasteiger partial charge in [-0.1, -0.05) is 0 Å². The maximum atomic E-state index is 14.5. The maximum absolute atomic E-state index is 14.5. The molecule has 1 aliphatic heterocycles. The zero-order chi connectivity index (χ0) is 23.0. The molecule has 34 heavy (non-hydrogen) atoms. The minimum Gasteiger partial charge on any atom is -0.386 e. The standard InChI is InChI=1S/C24H24FN9/c1-27-18-7-14(25)6-16-21-23(32-22(16)18)30-19(4-12-9-28-20-2-3-29-34(20)10-12)31-24(21)33-11-13-5-15(33)8-17(13)26/h2-3,6-7,9-10,13,15,17,27H,4-5,8,11,26H2,1H3,(H,30,31,32)/t13?,15?,17-/m0/s1. The quantitative estimate of drug-likeness (QED) is 0.380. The normalized spacial score (nSPS) is 22.0. The lowest BCUT2D eigenvalue weighted by Gasteiger charge is -2.31. The lowest BCUT2D eigenvalue weighted by Crippen LogP contribution is -2.41. The number of nitrogens with two attached hydrogens (primary N) is 1. The molecule has 2 aliphatic rings. The average Bonchev–Trinajstić information content (AvgIpc) is 3.60. The van der Waals surface area contributed by atoms with Crippen LogP contribution in [0.3, 0.4) is 0 Å². The van der Waals surface area contributed by atoms with Crippen LogP contribution in [0.1, 0.15) is 24.2 Å². The number of H-pyrrole nitrogens is 1. The number of piperidine rings is 1. The Morgan fingerprint density at radius 3 is 2.97 bits per heavy atom. The smallest absolute Gasteiger partial charge is 0.154 e. The second-order valence-corrected chi connectivity index (χ2v) is 9.41. The highest BCUT2D eigenvalue weighted by molar-refractivity contribution is 6.14. The number of rotatable bonds is 4. The first-order valence-corrected chi connectivity index (χ1v) is 11.6. The van der Waals surface area contributed by atoms with Gasteiger partial charge in [-0.25, -0.2) is 23.9 Å². The summed E-state index contributed by atoms with van der Waals surface area (Å²) in [6.45, 7) is 0.860. The number of anilines is 2. The van der Waals surface area contributed by atoms with Gasteiger partial charge in [-0.15, -0.1) is 0 Å². The van der Waals surface area contributed by atoms with Crippen LogP contribution in [0.15, 0.2) is 36.8 Å². The van der Waals surface area contributed by atoms with Crippen LogP contribution in [0.4, 0.5) is 15.9 Å². The molecule has 172 valence electrons. The van der Waals surface area contributed by atoms with Crippen LogP contribution in [0.2, 0.25) is 0 Å². The minimum atomic E-state index is -0.295. The van der Waals surface area contributed by atoms with Gasteiger partial charge >= 0.3 is 0 Å². The van der Waals surface area contributed by atoms with E-state index in [-0.39, 0.29) is 11.9 Å². The highest BCUT2D eigenvalue weighted by Crippen LogP contribution is 2.43. The zero-order valence-electron chi connectivity index (χ0n) is 18.7. The van der Waals surface area contributed by atoms with Crippen molar-refractivity contribution in [3.8, 4) is 0 Å². The van der Waals surface area contributed by atoms with Crippen molar-refractivity contribution >= 4 is 39.1 Å². The molecule has 0 spiro atoms. The van der Waals surface area contributed by atoms with Crippen molar-refractivity contribution in [1.82, 2.24) is 29.5 Å². The summed E-state index contributed by atoms with van der Waals surface area (Å²) >= 11 is 0. The van der Waals surface area contributed by atoms with Crippen LogP contribution in [-0.2, 0) is 6.42 Å². The molecule has 3 atom stereocenters. The highest BCUT2D eigenvalue weighted by Gasteiger charge is 2.44. The third-order valence-electron chi connectivity index (χ3n) is 7.35. The summed E-state index contributed by atoms with van der Waals surface area (Å²) in [7, 11) is 1.79. The molecule has 0 radical (unpaired) electrons. The van der Waals surface area contributed by atoms with E-state index in [1.165, 1.54) is 6.07 Å². The van der Waals surface area contributed by atoms with E-state index in [0.717, 1.165) is 52.7 Å². The molecule has 5 heterocycles. The molecule has 9 nitrogen and oxygen atoms in total. The molecule has 5 aromatic rings. The number of halogens is 1. The van der Waals surface area contributed by atoms with Crippen molar-refractivity contribution in [2.45, 2.75) is 31.3 Å². The fourth-order valence-corrected chi connectivity index (χ4v) is 5.75. The first-order chi connectivity index (χ1) is 16.6. The van der Waals surface area contributed by atoms with Gasteiger partial charge in [0.05, 0.1) is 22.8 Å². The van der Waals surface area contributed by atoms with Crippen molar-refractivity contribution in [2.24, 2.45) is 11.7 Å². The summed E-state index contributed by atoms with van der Waals surface area (Å²) in [5, 5.41) is 9.02. The minimum absolute atomic E-state index is 0.237. The molecule has 10 heteroatoms. The first-order valence-electron chi connectivity index (χ1n) is 11.6. The van der Waals surface area contributed by atoms with Gasteiger partial charge in [-0.05, 0) is 36.5 Å². The molecular formula is C24H24FN9. The summed E-state index contributed by atoms with van der Waals surface area (Å²) in [4.78, 5) is 20.2. The van der Waals surface area contributed by atoms with Gasteiger partial charge in [-0.2, -0.15) is 5.10 Å². The Morgan fingerprint density at radius 1 is 1.26 bits per heavy atom. The summed E-state index contributed by atoms with van der Waals surface area (Å²) in [6, 6.07) is 5.50.